The van der Waals surface area contributed by atoms with Crippen LogP contribution in [-0.4, -0.2) is 55.1 Å². The molecule has 1 aromatic carbocycles. The minimum atomic E-state index is -0.594. The average molecular weight is 599 g/mol. The van der Waals surface area contributed by atoms with E-state index in [-0.39, 0.29) is 6.37 Å². The van der Waals surface area contributed by atoms with Gasteiger partial charge < -0.3 is 14.4 Å². The van der Waals surface area contributed by atoms with E-state index in [9.17, 15) is 4.79 Å². The van der Waals surface area contributed by atoms with E-state index >= 15 is 4.39 Å². The predicted molar refractivity (Wildman–Crippen MR) is 141 cm³/mol. The van der Waals surface area contributed by atoms with E-state index in [0.29, 0.717) is 46.7 Å². The average Bonchev–Trinajstić information content (AvgIpc) is 3.29. The summed E-state index contributed by atoms with van der Waals surface area (Å²) in [6, 6.07) is 3.12. The number of carbonyl (C=O) groups excluding carboxylic acids is 1. The molecule has 34 heavy (non-hydrogen) atoms. The lowest BCUT2D eigenvalue weighted by Gasteiger charge is -2.28. The highest BCUT2D eigenvalue weighted by Crippen LogP contribution is 2.37. The predicted octanol–water partition coefficient (Wildman–Crippen LogP) is 5.37. The molecule has 2 aromatic heterocycles. The first-order valence-corrected chi connectivity index (χ1v) is 14.8. The van der Waals surface area contributed by atoms with Gasteiger partial charge in [0.1, 0.15) is 23.2 Å². The molecule has 1 amide bonds. The van der Waals surface area contributed by atoms with Gasteiger partial charge in [-0.15, -0.1) is 6.42 Å². The zero-order chi connectivity index (χ0) is 25.2. The van der Waals surface area contributed by atoms with Crippen molar-refractivity contribution in [2.75, 3.05) is 13.1 Å². The molecule has 0 radical (unpaired) electrons. The van der Waals surface area contributed by atoms with Gasteiger partial charge in [0.05, 0.1) is 30.2 Å². The second kappa shape index (κ2) is 10.5. The van der Waals surface area contributed by atoms with Gasteiger partial charge in [-0.2, -0.15) is 10.2 Å². The molecule has 0 aliphatic heterocycles. The fraction of sp³-hybridized carbons (Fsp3) is 0.435. The van der Waals surface area contributed by atoms with Crippen LogP contribution in [0, 0.1) is 18.2 Å². The molecule has 2 atom stereocenters. The second-order valence-electron chi connectivity index (χ2n) is 8.77. The first-order chi connectivity index (χ1) is 16.0. The summed E-state index contributed by atoms with van der Waals surface area (Å²) in [7, 11) is 1.72. The largest absolute Gasteiger partial charge is 0.472 e. The highest BCUT2D eigenvalue weighted by atomic mass is 127. The highest BCUT2D eigenvalue weighted by molar-refractivity contribution is 14.2. The van der Waals surface area contributed by atoms with Gasteiger partial charge in [-0.1, -0.05) is 0 Å². The number of benzene rings is 1. The minimum absolute atomic E-state index is 0.286. The van der Waals surface area contributed by atoms with E-state index in [2.05, 4.69) is 38.2 Å². The van der Waals surface area contributed by atoms with Crippen molar-refractivity contribution in [2.24, 2.45) is 7.05 Å². The number of fused-ring (bicyclic) bond motifs is 1. The van der Waals surface area contributed by atoms with Crippen molar-refractivity contribution in [2.45, 2.75) is 46.3 Å². The molecule has 3 rings (SSSR count). The second-order valence-corrected chi connectivity index (χ2v) is 10.8. The normalized spacial score (nSPS) is 12.8. The summed E-state index contributed by atoms with van der Waals surface area (Å²) in [4.78, 5) is 14.1. The Morgan fingerprint density at radius 3 is 2.68 bits per heavy atom. The van der Waals surface area contributed by atoms with Crippen molar-refractivity contribution >= 4 is 45.4 Å². The van der Waals surface area contributed by atoms with E-state index in [1.165, 1.54) is 10.7 Å². The Bertz CT molecular complexity index is 1240. The van der Waals surface area contributed by atoms with Crippen LogP contribution < -0.4 is 4.74 Å². The number of ether oxygens (including phenoxy) is 2. The molecule has 0 spiro atoms. The van der Waals surface area contributed by atoms with Crippen LogP contribution in [0.2, 0.25) is 0 Å². The third-order valence-electron chi connectivity index (χ3n) is 4.98. The molecule has 182 valence electrons. The molecule has 0 fully saturated rings. The Kier molecular flexibility index (Phi) is 8.09. The zero-order valence-corrected chi connectivity index (χ0v) is 23.2. The lowest BCUT2D eigenvalue weighted by atomic mass is 10.0. The fourth-order valence-corrected chi connectivity index (χ4v) is 4.98. The Hall–Kier alpha value is -2.38. The lowest BCUT2D eigenvalue weighted by molar-refractivity contribution is 0.0188. The molecule has 8 nitrogen and oxygen atoms in total. The van der Waals surface area contributed by atoms with E-state index < -0.39 is 23.6 Å². The summed E-state index contributed by atoms with van der Waals surface area (Å²) in [5, 5.41) is 9.34. The van der Waals surface area contributed by atoms with E-state index in [1.54, 1.807) is 28.7 Å². The van der Waals surface area contributed by atoms with Crippen molar-refractivity contribution in [1.82, 2.24) is 24.2 Å². The number of halogens is 2. The number of hydrogen-bond acceptors (Lipinski definition) is 5. The standard InChI is InChI=1S/C23H28FIN5O3P/c1-8-19-16-10-15(18(24)11-20(16)30(27-19)34-25)17-12-26-28(7)21(17)32-14(3)13-29(9-2)22(31)33-23(4,5)6/h1,10-12,14,34H,9,13H2,2-7H3. The van der Waals surface area contributed by atoms with Crippen molar-refractivity contribution in [3.63, 3.8) is 0 Å². The van der Waals surface area contributed by atoms with Crippen LogP contribution >= 0.6 is 28.4 Å². The van der Waals surface area contributed by atoms with Gasteiger partial charge in [0.25, 0.3) is 0 Å². The van der Waals surface area contributed by atoms with Gasteiger partial charge in [0.15, 0.2) is 0 Å². The first kappa shape index (κ1) is 26.2. The summed E-state index contributed by atoms with van der Waals surface area (Å²) < 4.78 is 30.1. The van der Waals surface area contributed by atoms with Gasteiger partial charge in [0, 0.05) is 30.6 Å². The zero-order valence-electron chi connectivity index (χ0n) is 20.0. The highest BCUT2D eigenvalue weighted by Gasteiger charge is 2.25. The topological polar surface area (TPSA) is 74.4 Å². The Balaban J connectivity index is 1.91. The number of aryl methyl sites for hydroxylation is 1. The maximum atomic E-state index is 15.2. The molecule has 11 heteroatoms. The van der Waals surface area contributed by atoms with Crippen LogP contribution in [0.5, 0.6) is 5.88 Å². The van der Waals surface area contributed by atoms with E-state index in [0.717, 1.165) is 0 Å². The molecular formula is C23H28FIN5O3P. The van der Waals surface area contributed by atoms with Gasteiger partial charge in [-0.25, -0.2) is 18.3 Å². The van der Waals surface area contributed by atoms with Crippen LogP contribution in [0.1, 0.15) is 40.3 Å². The maximum Gasteiger partial charge on any atom is 0.410 e. The van der Waals surface area contributed by atoms with Gasteiger partial charge >= 0.3 is 6.09 Å². The summed E-state index contributed by atoms with van der Waals surface area (Å²) in [6.45, 7) is 9.93. The van der Waals surface area contributed by atoms with Crippen LogP contribution in [0.3, 0.4) is 0 Å². The van der Waals surface area contributed by atoms with E-state index in [4.69, 9.17) is 15.9 Å². The summed E-state index contributed by atoms with van der Waals surface area (Å²) in [5.41, 5.74) is 1.30. The molecule has 0 aliphatic carbocycles. The molecule has 0 saturated heterocycles. The Labute approximate surface area is 213 Å². The van der Waals surface area contributed by atoms with Crippen LogP contribution in [0.4, 0.5) is 9.18 Å². The van der Waals surface area contributed by atoms with Crippen LogP contribution in [0.25, 0.3) is 22.0 Å². The molecule has 2 unspecified atom stereocenters. The fourth-order valence-electron chi connectivity index (χ4n) is 3.46. The smallest absolute Gasteiger partial charge is 0.410 e. The van der Waals surface area contributed by atoms with Crippen molar-refractivity contribution in [3.8, 4) is 29.4 Å². The van der Waals surface area contributed by atoms with Crippen molar-refractivity contribution in [1.29, 1.82) is 0 Å². The number of likely N-dealkylation sites (N-methyl/N-ethyl adjacent to an activating group) is 1. The number of nitrogens with zero attached hydrogens (tertiary/aromatic N) is 5. The Morgan fingerprint density at radius 2 is 2.09 bits per heavy atom. The van der Waals surface area contributed by atoms with Crippen LogP contribution in [-0.2, 0) is 11.8 Å². The van der Waals surface area contributed by atoms with Gasteiger partial charge in [0.2, 0.25) is 5.88 Å². The minimum Gasteiger partial charge on any atom is -0.472 e. The lowest BCUT2D eigenvalue weighted by Crippen LogP contribution is -2.41. The molecule has 3 aromatic rings. The third-order valence-corrected chi connectivity index (χ3v) is 6.86. The number of rotatable bonds is 7. The van der Waals surface area contributed by atoms with Gasteiger partial charge in [-0.05, 0) is 68.6 Å². The Morgan fingerprint density at radius 1 is 1.38 bits per heavy atom. The van der Waals surface area contributed by atoms with Gasteiger partial charge in [-0.3, -0.25) is 0 Å². The van der Waals surface area contributed by atoms with Crippen molar-refractivity contribution in [3.05, 3.63) is 29.8 Å². The molecule has 0 N–H and O–H groups in total. The monoisotopic (exact) mass is 599 g/mol. The van der Waals surface area contributed by atoms with E-state index in [1.807, 2.05) is 34.6 Å². The number of carbonyl (C=O) groups is 1. The number of amides is 1. The molecular weight excluding hydrogens is 571 g/mol. The molecule has 0 saturated carbocycles. The quantitative estimate of drug-likeness (QED) is 0.208. The third kappa shape index (κ3) is 5.63. The summed E-state index contributed by atoms with van der Waals surface area (Å²) in [6.07, 6.45) is 6.65. The number of terminal acetylenes is 1. The summed E-state index contributed by atoms with van der Waals surface area (Å²) in [5.74, 6) is 2.53. The number of hydrogen-bond donors (Lipinski definition) is 0. The summed E-state index contributed by atoms with van der Waals surface area (Å²) >= 11 is 2.18. The molecule has 0 bridgehead atoms. The maximum absolute atomic E-state index is 15.2. The SMILES string of the molecule is C#Cc1nn(PI)c2cc(F)c(-c3cnn(C)c3OC(C)CN(CC)C(=O)OC(C)(C)C)cc12. The molecule has 2 heterocycles. The van der Waals surface area contributed by atoms with Crippen LogP contribution in [0.15, 0.2) is 18.3 Å². The molecule has 0 aliphatic rings. The number of aromatic nitrogens is 4. The first-order valence-electron chi connectivity index (χ1n) is 10.7. The van der Waals surface area contributed by atoms with Crippen molar-refractivity contribution < 1.29 is 18.7 Å².